The lowest BCUT2D eigenvalue weighted by atomic mass is 10.3. The predicted molar refractivity (Wildman–Crippen MR) is 66.0 cm³/mol. The first-order valence-corrected chi connectivity index (χ1v) is 5.64. The first-order chi connectivity index (χ1) is 7.00. The fraction of sp³-hybridized carbons (Fsp3) is 0.222. The molecule has 0 aliphatic rings. The first kappa shape index (κ1) is 12.7. The van der Waals surface area contributed by atoms with E-state index >= 15 is 0 Å². The van der Waals surface area contributed by atoms with Gasteiger partial charge in [-0.25, -0.2) is 4.39 Å². The Morgan fingerprint density at radius 1 is 1.60 bits per heavy atom. The Kier molecular flexibility index (Phi) is 4.76. The SMILES string of the molecule is NC(=S)CCOc1cc(F)c(Cl)cc1Br. The molecule has 0 amide bonds. The molecule has 0 atom stereocenters. The van der Waals surface area contributed by atoms with Crippen molar-refractivity contribution in [3.63, 3.8) is 0 Å². The number of halogens is 3. The van der Waals surface area contributed by atoms with Crippen LogP contribution in [0.25, 0.3) is 0 Å². The van der Waals surface area contributed by atoms with E-state index in [-0.39, 0.29) is 5.02 Å². The van der Waals surface area contributed by atoms with Crippen LogP contribution in [-0.2, 0) is 0 Å². The number of hydrogen-bond acceptors (Lipinski definition) is 2. The molecule has 0 aliphatic heterocycles. The number of thiocarbonyl (C=S) groups is 1. The molecule has 0 aromatic heterocycles. The van der Waals surface area contributed by atoms with Crippen molar-refractivity contribution in [2.24, 2.45) is 5.73 Å². The van der Waals surface area contributed by atoms with Crippen molar-refractivity contribution >= 4 is 44.7 Å². The third kappa shape index (κ3) is 3.93. The van der Waals surface area contributed by atoms with Crippen molar-refractivity contribution in [2.45, 2.75) is 6.42 Å². The monoisotopic (exact) mass is 311 g/mol. The Hall–Kier alpha value is -0.390. The van der Waals surface area contributed by atoms with Gasteiger partial charge in [0, 0.05) is 12.5 Å². The van der Waals surface area contributed by atoms with Crippen molar-refractivity contribution in [3.05, 3.63) is 27.4 Å². The second-order valence-electron chi connectivity index (χ2n) is 2.76. The van der Waals surface area contributed by atoms with Crippen LogP contribution in [0.4, 0.5) is 4.39 Å². The lowest BCUT2D eigenvalue weighted by Crippen LogP contribution is -2.12. The zero-order valence-corrected chi connectivity index (χ0v) is 10.8. The standard InChI is InChI=1S/C9H8BrClFNOS/c10-5-3-6(11)7(12)4-8(5)14-2-1-9(13)15/h3-4H,1-2H2,(H2,13,15). The zero-order valence-electron chi connectivity index (χ0n) is 7.60. The summed E-state index contributed by atoms with van der Waals surface area (Å²) in [5.74, 6) is -0.140. The van der Waals surface area contributed by atoms with Crippen LogP contribution in [0, 0.1) is 5.82 Å². The zero-order chi connectivity index (χ0) is 11.4. The number of ether oxygens (including phenoxy) is 1. The first-order valence-electron chi connectivity index (χ1n) is 4.06. The smallest absolute Gasteiger partial charge is 0.145 e. The number of benzene rings is 1. The van der Waals surface area contributed by atoms with Crippen LogP contribution in [0.5, 0.6) is 5.75 Å². The van der Waals surface area contributed by atoms with Gasteiger partial charge < -0.3 is 10.5 Å². The number of rotatable bonds is 4. The quantitative estimate of drug-likeness (QED) is 0.684. The summed E-state index contributed by atoms with van der Waals surface area (Å²) in [4.78, 5) is 0.362. The molecule has 0 bridgehead atoms. The lowest BCUT2D eigenvalue weighted by Gasteiger charge is -2.08. The van der Waals surface area contributed by atoms with Crippen LogP contribution in [0.2, 0.25) is 5.02 Å². The van der Waals surface area contributed by atoms with E-state index in [2.05, 4.69) is 28.1 Å². The molecule has 0 radical (unpaired) electrons. The van der Waals surface area contributed by atoms with Gasteiger partial charge in [-0.3, -0.25) is 0 Å². The highest BCUT2D eigenvalue weighted by atomic mass is 79.9. The molecule has 1 aromatic rings. The van der Waals surface area contributed by atoms with Gasteiger partial charge in [-0.15, -0.1) is 0 Å². The Balaban J connectivity index is 2.69. The highest BCUT2D eigenvalue weighted by Gasteiger charge is 2.07. The largest absolute Gasteiger partial charge is 0.492 e. The minimum atomic E-state index is -0.523. The van der Waals surface area contributed by atoms with E-state index < -0.39 is 5.82 Å². The average Bonchev–Trinajstić information content (AvgIpc) is 2.13. The minimum absolute atomic E-state index is 0.0450. The van der Waals surface area contributed by atoms with Gasteiger partial charge in [-0.05, 0) is 22.0 Å². The predicted octanol–water partition coefficient (Wildman–Crippen LogP) is 3.30. The summed E-state index contributed by atoms with van der Waals surface area (Å²) >= 11 is 13.5. The van der Waals surface area contributed by atoms with Crippen LogP contribution in [0.15, 0.2) is 16.6 Å². The highest BCUT2D eigenvalue weighted by molar-refractivity contribution is 9.10. The van der Waals surface area contributed by atoms with Crippen LogP contribution >= 0.6 is 39.7 Å². The van der Waals surface area contributed by atoms with Crippen LogP contribution in [0.3, 0.4) is 0 Å². The number of hydrogen-bond donors (Lipinski definition) is 1. The molecular formula is C9H8BrClFNOS. The fourth-order valence-corrected chi connectivity index (χ4v) is 1.71. The highest BCUT2D eigenvalue weighted by Crippen LogP contribution is 2.30. The van der Waals surface area contributed by atoms with Crippen LogP contribution in [-0.4, -0.2) is 11.6 Å². The molecule has 0 aliphatic carbocycles. The summed E-state index contributed by atoms with van der Waals surface area (Å²) in [5.41, 5.74) is 5.29. The molecule has 0 fully saturated rings. The topological polar surface area (TPSA) is 35.2 Å². The minimum Gasteiger partial charge on any atom is -0.492 e. The van der Waals surface area contributed by atoms with Gasteiger partial charge >= 0.3 is 0 Å². The Morgan fingerprint density at radius 3 is 2.87 bits per heavy atom. The van der Waals surface area contributed by atoms with E-state index in [1.54, 1.807) is 0 Å². The molecule has 1 aromatic carbocycles. The Labute approximate surface area is 106 Å². The Morgan fingerprint density at radius 2 is 2.27 bits per heavy atom. The van der Waals surface area contributed by atoms with Gasteiger partial charge in [0.15, 0.2) is 0 Å². The average molecular weight is 313 g/mol. The summed E-state index contributed by atoms with van der Waals surface area (Å²) in [6, 6.07) is 2.65. The molecule has 0 heterocycles. The lowest BCUT2D eigenvalue weighted by molar-refractivity contribution is 0.325. The van der Waals surface area contributed by atoms with E-state index in [0.717, 1.165) is 0 Å². The van der Waals surface area contributed by atoms with Crippen molar-refractivity contribution in [1.29, 1.82) is 0 Å². The normalized spacial score (nSPS) is 10.1. The molecule has 6 heteroatoms. The molecule has 0 unspecified atom stereocenters. The van der Waals surface area contributed by atoms with Crippen molar-refractivity contribution in [1.82, 2.24) is 0 Å². The molecule has 2 N–H and O–H groups in total. The van der Waals surface area contributed by atoms with Crippen LogP contribution in [0.1, 0.15) is 6.42 Å². The van der Waals surface area contributed by atoms with Crippen molar-refractivity contribution in [2.75, 3.05) is 6.61 Å². The van der Waals surface area contributed by atoms with Crippen LogP contribution < -0.4 is 10.5 Å². The van der Waals surface area contributed by atoms with Gasteiger partial charge in [0.2, 0.25) is 0 Å². The van der Waals surface area contributed by atoms with E-state index in [1.807, 2.05) is 0 Å². The van der Waals surface area contributed by atoms with E-state index in [0.29, 0.717) is 28.2 Å². The summed E-state index contributed by atoms with van der Waals surface area (Å²) in [7, 11) is 0. The molecule has 0 saturated heterocycles. The summed E-state index contributed by atoms with van der Waals surface area (Å²) in [6.07, 6.45) is 0.450. The van der Waals surface area contributed by atoms with Crippen molar-refractivity contribution < 1.29 is 9.13 Å². The molecule has 15 heavy (non-hydrogen) atoms. The molecule has 0 saturated carbocycles. The molecule has 2 nitrogen and oxygen atoms in total. The third-order valence-corrected chi connectivity index (χ3v) is 2.69. The van der Waals surface area contributed by atoms with Gasteiger partial charge in [0.1, 0.15) is 11.6 Å². The van der Waals surface area contributed by atoms with Gasteiger partial charge in [0.05, 0.1) is 21.1 Å². The second kappa shape index (κ2) is 5.63. The molecular weight excluding hydrogens is 305 g/mol. The van der Waals surface area contributed by atoms with Crippen molar-refractivity contribution in [3.8, 4) is 5.75 Å². The summed E-state index contributed by atoms with van der Waals surface area (Å²) < 4.78 is 18.9. The Bertz CT molecular complexity index is 389. The number of nitrogens with two attached hydrogens (primary N) is 1. The maximum atomic E-state index is 13.1. The van der Waals surface area contributed by atoms with Gasteiger partial charge in [-0.2, -0.15) is 0 Å². The molecule has 0 spiro atoms. The van der Waals surface area contributed by atoms with E-state index in [4.69, 9.17) is 22.1 Å². The summed E-state index contributed by atoms with van der Waals surface area (Å²) in [5, 5.41) is 0.0450. The fourth-order valence-electron chi connectivity index (χ4n) is 0.877. The maximum Gasteiger partial charge on any atom is 0.145 e. The summed E-state index contributed by atoms with van der Waals surface area (Å²) in [6.45, 7) is 0.314. The maximum absolute atomic E-state index is 13.1. The molecule has 82 valence electrons. The second-order valence-corrected chi connectivity index (χ2v) is 4.55. The molecule has 1 rings (SSSR count). The third-order valence-electron chi connectivity index (χ3n) is 1.58. The van der Waals surface area contributed by atoms with Gasteiger partial charge in [0.25, 0.3) is 0 Å². The van der Waals surface area contributed by atoms with E-state index in [1.165, 1.54) is 12.1 Å². The van der Waals surface area contributed by atoms with Gasteiger partial charge in [-0.1, -0.05) is 23.8 Å². The van der Waals surface area contributed by atoms with E-state index in [9.17, 15) is 4.39 Å².